The van der Waals surface area contributed by atoms with Gasteiger partial charge in [-0.1, -0.05) is 37.9 Å². The standard InChI is InChI=1S/C17H19O6P.2K/c18-17(13-24(19,20)21)22-11-5-7-14-6-4-10-16(12-14)23-15-8-2-1-3-9-15;;/h1-4,6,8-10,12H,5,7,11,13H2,(H2,19,20,21);;/q;2*+1/p-2. The van der Waals surface area contributed by atoms with Crippen LogP contribution in [0.25, 0.3) is 0 Å². The molecule has 0 atom stereocenters. The van der Waals surface area contributed by atoms with Gasteiger partial charge in [0.1, 0.15) is 11.5 Å². The molecule has 0 spiro atoms. The van der Waals surface area contributed by atoms with Crippen molar-refractivity contribution in [3.05, 3.63) is 60.2 Å². The van der Waals surface area contributed by atoms with E-state index in [0.717, 1.165) is 11.3 Å². The summed E-state index contributed by atoms with van der Waals surface area (Å²) in [5.74, 6) is 0.432. The van der Waals surface area contributed by atoms with Crippen molar-refractivity contribution in [1.29, 1.82) is 0 Å². The minimum Gasteiger partial charge on any atom is -0.810 e. The molecule has 0 radical (unpaired) electrons. The molecular formula is C17H17K2O6P. The van der Waals surface area contributed by atoms with Gasteiger partial charge in [0.2, 0.25) is 0 Å². The third kappa shape index (κ3) is 11.9. The summed E-state index contributed by atoms with van der Waals surface area (Å²) < 4.78 is 20.9. The van der Waals surface area contributed by atoms with Gasteiger partial charge in [0.25, 0.3) is 0 Å². The average Bonchev–Trinajstić information content (AvgIpc) is 2.51. The van der Waals surface area contributed by atoms with Crippen molar-refractivity contribution < 1.29 is 131 Å². The van der Waals surface area contributed by atoms with Crippen LogP contribution >= 0.6 is 7.60 Å². The first-order valence-corrected chi connectivity index (χ1v) is 9.14. The number of rotatable bonds is 8. The molecule has 2 aromatic carbocycles. The molecule has 128 valence electrons. The normalized spacial score (nSPS) is 10.2. The van der Waals surface area contributed by atoms with Crippen LogP contribution in [-0.4, -0.2) is 18.7 Å². The second-order valence-corrected chi connectivity index (χ2v) is 6.69. The summed E-state index contributed by atoms with van der Waals surface area (Å²) in [6, 6.07) is 16.9. The Kier molecular flexibility index (Phi) is 14.8. The van der Waals surface area contributed by atoms with E-state index in [9.17, 15) is 19.1 Å². The van der Waals surface area contributed by atoms with Gasteiger partial charge in [-0.3, -0.25) is 4.79 Å². The fraction of sp³-hybridized carbons (Fsp3) is 0.235. The Morgan fingerprint density at radius 3 is 2.27 bits per heavy atom. The summed E-state index contributed by atoms with van der Waals surface area (Å²) in [5, 5.41) is 0. The van der Waals surface area contributed by atoms with Crippen molar-refractivity contribution >= 4 is 13.6 Å². The molecule has 0 bridgehead atoms. The molecule has 26 heavy (non-hydrogen) atoms. The van der Waals surface area contributed by atoms with Crippen LogP contribution < -0.4 is 117 Å². The zero-order valence-electron chi connectivity index (χ0n) is 14.9. The fourth-order valence-electron chi connectivity index (χ4n) is 2.06. The third-order valence-corrected chi connectivity index (χ3v) is 3.72. The summed E-state index contributed by atoms with van der Waals surface area (Å²) in [4.78, 5) is 32.0. The number of carbonyl (C=O) groups is 1. The molecule has 0 N–H and O–H groups in total. The molecule has 2 rings (SSSR count). The van der Waals surface area contributed by atoms with Crippen LogP contribution in [0.1, 0.15) is 12.0 Å². The van der Waals surface area contributed by atoms with Gasteiger partial charge < -0.3 is 23.8 Å². The van der Waals surface area contributed by atoms with E-state index in [4.69, 9.17) is 9.47 Å². The van der Waals surface area contributed by atoms with E-state index in [1.807, 2.05) is 54.6 Å². The molecule has 0 aliphatic rings. The summed E-state index contributed by atoms with van der Waals surface area (Å²) in [6.07, 6.45) is 0.0433. The summed E-state index contributed by atoms with van der Waals surface area (Å²) >= 11 is 0. The molecule has 0 unspecified atom stereocenters. The van der Waals surface area contributed by atoms with Gasteiger partial charge >= 0.3 is 109 Å². The predicted octanol–water partition coefficient (Wildman–Crippen LogP) is -4.12. The van der Waals surface area contributed by atoms with Gasteiger partial charge in [-0.15, -0.1) is 0 Å². The number of benzene rings is 2. The van der Waals surface area contributed by atoms with Crippen molar-refractivity contribution in [2.45, 2.75) is 12.8 Å². The van der Waals surface area contributed by atoms with Crippen LogP contribution in [0.3, 0.4) is 0 Å². The largest absolute Gasteiger partial charge is 1.00 e. The Labute approximate surface area is 238 Å². The van der Waals surface area contributed by atoms with E-state index >= 15 is 0 Å². The summed E-state index contributed by atoms with van der Waals surface area (Å²) in [6.45, 7) is 0.0581. The van der Waals surface area contributed by atoms with Crippen molar-refractivity contribution in [2.75, 3.05) is 12.8 Å². The van der Waals surface area contributed by atoms with Gasteiger partial charge in [-0.05, 0) is 42.7 Å². The molecule has 2 aromatic rings. The van der Waals surface area contributed by atoms with E-state index in [1.54, 1.807) is 0 Å². The first kappa shape index (κ1) is 27.1. The van der Waals surface area contributed by atoms with Crippen molar-refractivity contribution in [3.8, 4) is 11.5 Å². The van der Waals surface area contributed by atoms with Crippen molar-refractivity contribution in [3.63, 3.8) is 0 Å². The number of esters is 1. The Bertz CT molecular complexity index is 720. The van der Waals surface area contributed by atoms with Crippen LogP contribution in [0.5, 0.6) is 11.5 Å². The second kappa shape index (κ2) is 14.2. The fourth-order valence-corrected chi connectivity index (χ4v) is 2.46. The molecule has 0 aliphatic heterocycles. The maximum absolute atomic E-state index is 11.1. The second-order valence-electron chi connectivity index (χ2n) is 5.16. The first-order valence-electron chi connectivity index (χ1n) is 7.41. The molecule has 0 aromatic heterocycles. The molecular weight excluding hydrogens is 409 g/mol. The maximum Gasteiger partial charge on any atom is 1.00 e. The van der Waals surface area contributed by atoms with Gasteiger partial charge in [0, 0.05) is 0 Å². The number of hydrogen-bond acceptors (Lipinski definition) is 6. The molecule has 6 nitrogen and oxygen atoms in total. The Hall–Kier alpha value is 1.13. The molecule has 0 amide bonds. The predicted molar refractivity (Wildman–Crippen MR) is 84.7 cm³/mol. The summed E-state index contributed by atoms with van der Waals surface area (Å²) in [7, 11) is -4.86. The smallest absolute Gasteiger partial charge is 0.810 e. The maximum atomic E-state index is 11.1. The van der Waals surface area contributed by atoms with Gasteiger partial charge in [-0.2, -0.15) is 0 Å². The van der Waals surface area contributed by atoms with Gasteiger partial charge in [0.05, 0.1) is 12.8 Å². The van der Waals surface area contributed by atoms with E-state index in [0.29, 0.717) is 18.6 Å². The zero-order valence-corrected chi connectivity index (χ0v) is 22.1. The van der Waals surface area contributed by atoms with Crippen LogP contribution in [0, 0.1) is 0 Å². The minimum absolute atomic E-state index is 0. The van der Waals surface area contributed by atoms with Crippen LogP contribution in [0.2, 0.25) is 0 Å². The Morgan fingerprint density at radius 1 is 0.962 bits per heavy atom. The molecule has 0 aliphatic carbocycles. The van der Waals surface area contributed by atoms with Crippen LogP contribution in [0.4, 0.5) is 0 Å². The van der Waals surface area contributed by atoms with Gasteiger partial charge in [-0.25, -0.2) is 0 Å². The average molecular weight is 426 g/mol. The Morgan fingerprint density at radius 2 is 1.62 bits per heavy atom. The van der Waals surface area contributed by atoms with Crippen LogP contribution in [0.15, 0.2) is 54.6 Å². The van der Waals surface area contributed by atoms with Gasteiger partial charge in [0.15, 0.2) is 0 Å². The minimum atomic E-state index is -4.86. The number of hydrogen-bond donors (Lipinski definition) is 0. The SMILES string of the molecule is O=C(CP(=O)([O-])[O-])OCCCc1cccc(Oc2ccccc2)c1.[K+].[K+]. The third-order valence-electron chi connectivity index (χ3n) is 3.07. The Balaban J connectivity index is 0.00000312. The first-order chi connectivity index (χ1) is 11.4. The molecule has 0 heterocycles. The van der Waals surface area contributed by atoms with Crippen molar-refractivity contribution in [2.24, 2.45) is 0 Å². The molecule has 0 saturated carbocycles. The molecule has 0 fully saturated rings. The number of ether oxygens (including phenoxy) is 2. The quantitative estimate of drug-likeness (QED) is 0.184. The van der Waals surface area contributed by atoms with E-state index in [1.165, 1.54) is 0 Å². The zero-order chi connectivity index (χ0) is 17.4. The van der Waals surface area contributed by atoms with Crippen molar-refractivity contribution in [1.82, 2.24) is 0 Å². The van der Waals surface area contributed by atoms with E-state index < -0.39 is 19.7 Å². The number of aryl methyl sites for hydroxylation is 1. The number of para-hydroxylation sites is 1. The topological polar surface area (TPSA) is 98.7 Å². The van der Waals surface area contributed by atoms with E-state index in [2.05, 4.69) is 0 Å². The monoisotopic (exact) mass is 426 g/mol. The van der Waals surface area contributed by atoms with E-state index in [-0.39, 0.29) is 109 Å². The molecule has 9 heteroatoms. The molecule has 0 saturated heterocycles. The summed E-state index contributed by atoms with van der Waals surface area (Å²) in [5.41, 5.74) is 0.998. The van der Waals surface area contributed by atoms with Crippen LogP contribution in [-0.2, 0) is 20.5 Å². The number of carbonyl (C=O) groups excluding carboxylic acids is 1.